The van der Waals surface area contributed by atoms with Crippen LogP contribution in [0.25, 0.3) is 5.70 Å². The van der Waals surface area contributed by atoms with E-state index in [0.717, 1.165) is 11.3 Å². The summed E-state index contributed by atoms with van der Waals surface area (Å²) in [5.74, 6) is 0. The second kappa shape index (κ2) is 5.09. The van der Waals surface area contributed by atoms with Gasteiger partial charge in [0.2, 0.25) is 0 Å². The van der Waals surface area contributed by atoms with Gasteiger partial charge in [-0.2, -0.15) is 10.2 Å². The van der Waals surface area contributed by atoms with Crippen LogP contribution < -0.4 is 5.32 Å². The van der Waals surface area contributed by atoms with Crippen LogP contribution in [-0.2, 0) is 0 Å². The number of hydrogen-bond acceptors (Lipinski definition) is 3. The Labute approximate surface area is 78.2 Å². The molecule has 13 heavy (non-hydrogen) atoms. The molecule has 0 unspecified atom stereocenters. The molecule has 0 atom stereocenters. The van der Waals surface area contributed by atoms with Gasteiger partial charge in [-0.15, -0.1) is 0 Å². The van der Waals surface area contributed by atoms with Crippen molar-refractivity contribution in [2.45, 2.75) is 0 Å². The fourth-order valence-electron chi connectivity index (χ4n) is 1.02. The van der Waals surface area contributed by atoms with Gasteiger partial charge in [0.05, 0.1) is 0 Å². The van der Waals surface area contributed by atoms with E-state index in [2.05, 4.69) is 15.5 Å². The first-order valence-corrected chi connectivity index (χ1v) is 4.11. The summed E-state index contributed by atoms with van der Waals surface area (Å²) in [7, 11) is 3.50. The van der Waals surface area contributed by atoms with Crippen molar-refractivity contribution in [2.75, 3.05) is 14.1 Å². The highest BCUT2D eigenvalue weighted by molar-refractivity contribution is 5.63. The van der Waals surface area contributed by atoms with Gasteiger partial charge in [-0.05, 0) is 0 Å². The first kappa shape index (κ1) is 9.45. The maximum atomic E-state index is 4.01. The second-order valence-electron chi connectivity index (χ2n) is 2.48. The molecule has 68 valence electrons. The molecule has 1 N–H and O–H groups in total. The number of azo groups is 1. The number of nitrogens with one attached hydrogen (secondary N) is 1. The molecule has 0 aromatic heterocycles. The third kappa shape index (κ3) is 2.71. The van der Waals surface area contributed by atoms with Crippen molar-refractivity contribution < 1.29 is 0 Å². The van der Waals surface area contributed by atoms with E-state index in [0.29, 0.717) is 0 Å². The zero-order valence-corrected chi connectivity index (χ0v) is 7.86. The van der Waals surface area contributed by atoms with Crippen molar-refractivity contribution in [3.8, 4) is 0 Å². The number of hydrogen-bond donors (Lipinski definition) is 1. The summed E-state index contributed by atoms with van der Waals surface area (Å²) in [5.41, 5.74) is 1.90. The first-order chi connectivity index (χ1) is 6.38. The summed E-state index contributed by atoms with van der Waals surface area (Å²) in [5, 5.41) is 10.7. The van der Waals surface area contributed by atoms with Crippen LogP contribution >= 0.6 is 0 Å². The average Bonchev–Trinajstić information content (AvgIpc) is 2.19. The lowest BCUT2D eigenvalue weighted by Crippen LogP contribution is -1.94. The molecule has 0 amide bonds. The van der Waals surface area contributed by atoms with Crippen LogP contribution in [0.4, 0.5) is 0 Å². The van der Waals surface area contributed by atoms with Gasteiger partial charge in [-0.3, -0.25) is 0 Å². The predicted molar refractivity (Wildman–Crippen MR) is 54.3 cm³/mol. The zero-order chi connectivity index (χ0) is 9.52. The molecule has 0 radical (unpaired) electrons. The Hall–Kier alpha value is -1.64. The summed E-state index contributed by atoms with van der Waals surface area (Å²) in [6.07, 6.45) is 1.82. The summed E-state index contributed by atoms with van der Waals surface area (Å²) in [4.78, 5) is 0. The smallest absolute Gasteiger partial charge is 0.108 e. The van der Waals surface area contributed by atoms with Crippen LogP contribution in [0.3, 0.4) is 0 Å². The Morgan fingerprint density at radius 2 is 2.00 bits per heavy atom. The monoisotopic (exact) mass is 175 g/mol. The summed E-state index contributed by atoms with van der Waals surface area (Å²) < 4.78 is 0. The standard InChI is InChI=1S/C10H13N3/c1-11-8-10(13-12-2)9-6-4-3-5-7-9/h3-8,11H,1-2H3/b10-8-,13-12-. The molecule has 1 aromatic carbocycles. The summed E-state index contributed by atoms with van der Waals surface area (Å²) in [6.45, 7) is 0. The van der Waals surface area contributed by atoms with Crippen LogP contribution in [0.15, 0.2) is 46.8 Å². The van der Waals surface area contributed by atoms with Crippen LogP contribution in [-0.4, -0.2) is 14.1 Å². The highest BCUT2D eigenvalue weighted by Crippen LogP contribution is 2.14. The van der Waals surface area contributed by atoms with Gasteiger partial charge in [0.15, 0.2) is 0 Å². The molecule has 0 aliphatic heterocycles. The number of rotatable bonds is 3. The van der Waals surface area contributed by atoms with Gasteiger partial charge < -0.3 is 5.32 Å². The van der Waals surface area contributed by atoms with Gasteiger partial charge >= 0.3 is 0 Å². The van der Waals surface area contributed by atoms with Crippen molar-refractivity contribution in [2.24, 2.45) is 10.2 Å². The van der Waals surface area contributed by atoms with Crippen molar-refractivity contribution >= 4 is 5.70 Å². The van der Waals surface area contributed by atoms with E-state index >= 15 is 0 Å². The lowest BCUT2D eigenvalue weighted by Gasteiger charge is -1.99. The molecule has 0 bridgehead atoms. The Bertz CT molecular complexity index is 301. The van der Waals surface area contributed by atoms with Gasteiger partial charge in [-0.1, -0.05) is 30.3 Å². The quantitative estimate of drug-likeness (QED) is 0.703. The van der Waals surface area contributed by atoms with Crippen molar-refractivity contribution in [1.29, 1.82) is 0 Å². The largest absolute Gasteiger partial charge is 0.392 e. The molecule has 0 heterocycles. The van der Waals surface area contributed by atoms with E-state index in [-0.39, 0.29) is 0 Å². The van der Waals surface area contributed by atoms with Crippen LogP contribution in [0.2, 0.25) is 0 Å². The Morgan fingerprint density at radius 1 is 1.31 bits per heavy atom. The van der Waals surface area contributed by atoms with E-state index < -0.39 is 0 Å². The molecule has 3 nitrogen and oxygen atoms in total. The van der Waals surface area contributed by atoms with Crippen LogP contribution in [0.5, 0.6) is 0 Å². The summed E-state index contributed by atoms with van der Waals surface area (Å²) in [6, 6.07) is 9.92. The first-order valence-electron chi connectivity index (χ1n) is 4.11. The van der Waals surface area contributed by atoms with Gasteiger partial charge in [-0.25, -0.2) is 0 Å². The van der Waals surface area contributed by atoms with Crippen LogP contribution in [0.1, 0.15) is 5.56 Å². The molecular formula is C10H13N3. The maximum Gasteiger partial charge on any atom is 0.108 e. The normalized spacial score (nSPS) is 12.0. The maximum absolute atomic E-state index is 4.01. The number of benzene rings is 1. The molecule has 0 aliphatic rings. The lowest BCUT2D eigenvalue weighted by atomic mass is 10.2. The Kier molecular flexibility index (Phi) is 3.70. The van der Waals surface area contributed by atoms with E-state index in [1.165, 1.54) is 0 Å². The summed E-state index contributed by atoms with van der Waals surface area (Å²) >= 11 is 0. The topological polar surface area (TPSA) is 36.8 Å². The molecular weight excluding hydrogens is 162 g/mol. The molecule has 1 rings (SSSR count). The molecule has 3 heteroatoms. The van der Waals surface area contributed by atoms with Crippen molar-refractivity contribution in [1.82, 2.24) is 5.32 Å². The minimum atomic E-state index is 0.839. The van der Waals surface area contributed by atoms with Crippen molar-refractivity contribution in [3.63, 3.8) is 0 Å². The van der Waals surface area contributed by atoms with Crippen LogP contribution in [0, 0.1) is 0 Å². The minimum Gasteiger partial charge on any atom is -0.392 e. The average molecular weight is 175 g/mol. The lowest BCUT2D eigenvalue weighted by molar-refractivity contribution is 1.08. The Morgan fingerprint density at radius 3 is 2.54 bits per heavy atom. The minimum absolute atomic E-state index is 0.839. The van der Waals surface area contributed by atoms with E-state index in [1.807, 2.05) is 43.6 Å². The third-order valence-corrected chi connectivity index (χ3v) is 1.56. The Balaban J connectivity index is 2.96. The molecule has 0 spiro atoms. The molecule has 0 saturated heterocycles. The van der Waals surface area contributed by atoms with E-state index in [4.69, 9.17) is 0 Å². The fourth-order valence-corrected chi connectivity index (χ4v) is 1.02. The predicted octanol–water partition coefficient (Wildman–Crippen LogP) is 2.29. The molecule has 0 aliphatic carbocycles. The van der Waals surface area contributed by atoms with Gasteiger partial charge in [0.25, 0.3) is 0 Å². The van der Waals surface area contributed by atoms with Gasteiger partial charge in [0.1, 0.15) is 5.70 Å². The van der Waals surface area contributed by atoms with Gasteiger partial charge in [0, 0.05) is 25.9 Å². The molecule has 0 saturated carbocycles. The highest BCUT2D eigenvalue weighted by Gasteiger charge is 1.96. The highest BCUT2D eigenvalue weighted by atomic mass is 15.1. The van der Waals surface area contributed by atoms with E-state index in [9.17, 15) is 0 Å². The second-order valence-corrected chi connectivity index (χ2v) is 2.48. The fraction of sp³-hybridized carbons (Fsp3) is 0.200. The molecule has 1 aromatic rings. The van der Waals surface area contributed by atoms with Crippen molar-refractivity contribution in [3.05, 3.63) is 42.1 Å². The zero-order valence-electron chi connectivity index (χ0n) is 7.86. The SMILES string of the molecule is C/N=N\C(=C/NC)c1ccccc1. The third-order valence-electron chi connectivity index (χ3n) is 1.56. The number of nitrogens with zero attached hydrogens (tertiary/aromatic N) is 2. The van der Waals surface area contributed by atoms with E-state index in [1.54, 1.807) is 7.05 Å². The molecule has 0 fully saturated rings.